The number of nitrogens with one attached hydrogen (secondary N) is 1. The minimum Gasteiger partial charge on any atom is -0.292 e. The number of aromatic nitrogens is 4. The SMILES string of the molecule is O=c1c2c([nH]n1-c1ccccn1)CN(Cc1cc3ccccc3cn1)CC2. The van der Waals surface area contributed by atoms with E-state index in [-0.39, 0.29) is 5.56 Å². The van der Waals surface area contributed by atoms with Gasteiger partial charge in [-0.25, -0.2) is 9.67 Å². The van der Waals surface area contributed by atoms with Gasteiger partial charge in [0.25, 0.3) is 5.56 Å². The summed E-state index contributed by atoms with van der Waals surface area (Å²) in [4.78, 5) is 23.9. The molecule has 0 amide bonds. The Hall–Kier alpha value is -3.25. The Morgan fingerprint density at radius 1 is 1.04 bits per heavy atom. The molecule has 4 aromatic rings. The Balaban J connectivity index is 1.40. The second kappa shape index (κ2) is 6.48. The average Bonchev–Trinajstić information content (AvgIpc) is 3.04. The van der Waals surface area contributed by atoms with Crippen molar-refractivity contribution in [3.63, 3.8) is 0 Å². The first-order chi connectivity index (χ1) is 13.3. The molecule has 27 heavy (non-hydrogen) atoms. The van der Waals surface area contributed by atoms with Crippen LogP contribution < -0.4 is 5.56 Å². The molecule has 1 aliphatic heterocycles. The maximum absolute atomic E-state index is 12.7. The summed E-state index contributed by atoms with van der Waals surface area (Å²) < 4.78 is 1.54. The Bertz CT molecular complexity index is 1160. The smallest absolute Gasteiger partial charge is 0.276 e. The number of benzene rings is 1. The number of rotatable bonds is 3. The molecular weight excluding hydrogens is 338 g/mol. The fourth-order valence-corrected chi connectivity index (χ4v) is 3.71. The van der Waals surface area contributed by atoms with Crippen LogP contribution in [-0.4, -0.2) is 31.2 Å². The molecule has 0 aliphatic carbocycles. The molecular formula is C21H19N5O. The normalized spacial score (nSPS) is 14.4. The van der Waals surface area contributed by atoms with Crippen molar-refractivity contribution < 1.29 is 0 Å². The van der Waals surface area contributed by atoms with E-state index in [1.54, 1.807) is 10.9 Å². The lowest BCUT2D eigenvalue weighted by molar-refractivity contribution is 0.239. The third-order valence-corrected chi connectivity index (χ3v) is 5.08. The second-order valence-electron chi connectivity index (χ2n) is 6.88. The summed E-state index contributed by atoms with van der Waals surface area (Å²) in [5, 5.41) is 5.60. The molecule has 0 saturated heterocycles. The lowest BCUT2D eigenvalue weighted by Crippen LogP contribution is -2.32. The quantitative estimate of drug-likeness (QED) is 0.612. The maximum atomic E-state index is 12.7. The van der Waals surface area contributed by atoms with Crippen LogP contribution in [0.1, 0.15) is 17.0 Å². The second-order valence-corrected chi connectivity index (χ2v) is 6.88. The van der Waals surface area contributed by atoms with E-state index in [1.807, 2.05) is 36.5 Å². The fourth-order valence-electron chi connectivity index (χ4n) is 3.71. The molecule has 0 spiro atoms. The van der Waals surface area contributed by atoms with E-state index in [9.17, 15) is 4.79 Å². The fraction of sp³-hybridized carbons (Fsp3) is 0.190. The first-order valence-electron chi connectivity index (χ1n) is 9.08. The third kappa shape index (κ3) is 2.94. The Labute approximate surface area is 156 Å². The van der Waals surface area contributed by atoms with Gasteiger partial charge in [0.1, 0.15) is 0 Å². The molecule has 0 radical (unpaired) electrons. The molecule has 4 heterocycles. The molecule has 1 aliphatic rings. The summed E-state index contributed by atoms with van der Waals surface area (Å²) in [5.41, 5.74) is 2.89. The minimum absolute atomic E-state index is 0.00665. The zero-order valence-electron chi connectivity index (χ0n) is 14.8. The van der Waals surface area contributed by atoms with E-state index in [0.717, 1.165) is 41.8 Å². The number of hydrogen-bond acceptors (Lipinski definition) is 4. The molecule has 5 rings (SSSR count). The molecule has 1 aromatic carbocycles. The average molecular weight is 357 g/mol. The van der Waals surface area contributed by atoms with Crippen molar-refractivity contribution in [3.8, 4) is 5.82 Å². The Morgan fingerprint density at radius 3 is 2.74 bits per heavy atom. The lowest BCUT2D eigenvalue weighted by atomic mass is 10.1. The van der Waals surface area contributed by atoms with E-state index >= 15 is 0 Å². The predicted octanol–water partition coefficient (Wildman–Crippen LogP) is 2.67. The molecule has 134 valence electrons. The zero-order chi connectivity index (χ0) is 18.2. The van der Waals surface area contributed by atoms with Gasteiger partial charge >= 0.3 is 0 Å². The molecule has 6 heteroatoms. The number of nitrogens with zero attached hydrogens (tertiary/aromatic N) is 4. The monoisotopic (exact) mass is 357 g/mol. The van der Waals surface area contributed by atoms with Gasteiger partial charge in [0.05, 0.1) is 11.4 Å². The molecule has 6 nitrogen and oxygen atoms in total. The summed E-state index contributed by atoms with van der Waals surface area (Å²) in [5.74, 6) is 0.625. The van der Waals surface area contributed by atoms with Crippen molar-refractivity contribution in [1.29, 1.82) is 0 Å². The number of pyridine rings is 2. The summed E-state index contributed by atoms with van der Waals surface area (Å²) in [6.45, 7) is 2.32. The van der Waals surface area contributed by atoms with Crippen LogP contribution in [0.2, 0.25) is 0 Å². The molecule has 3 aromatic heterocycles. The van der Waals surface area contributed by atoms with Gasteiger partial charge in [-0.05, 0) is 30.0 Å². The largest absolute Gasteiger partial charge is 0.292 e. The van der Waals surface area contributed by atoms with E-state index in [1.165, 1.54) is 5.39 Å². The Kier molecular flexibility index (Phi) is 3.83. The van der Waals surface area contributed by atoms with Crippen molar-refractivity contribution in [1.82, 2.24) is 24.6 Å². The molecule has 0 bridgehead atoms. The van der Waals surface area contributed by atoms with Crippen molar-refractivity contribution in [2.75, 3.05) is 6.54 Å². The van der Waals surface area contributed by atoms with Gasteiger partial charge in [-0.2, -0.15) is 0 Å². The van der Waals surface area contributed by atoms with Gasteiger partial charge in [0.15, 0.2) is 5.82 Å². The molecule has 0 atom stereocenters. The van der Waals surface area contributed by atoms with E-state index in [0.29, 0.717) is 12.4 Å². The standard InChI is InChI=1S/C21H19N5O/c27-21-18-8-10-25(13-17-11-15-5-1-2-6-16(15)12-23-17)14-19(18)24-26(21)20-7-3-4-9-22-20/h1-7,9,11-12,24H,8,10,13-14H2. The van der Waals surface area contributed by atoms with Gasteiger partial charge in [0, 0.05) is 43.0 Å². The summed E-state index contributed by atoms with van der Waals surface area (Å²) in [7, 11) is 0. The van der Waals surface area contributed by atoms with Crippen LogP contribution in [-0.2, 0) is 19.5 Å². The van der Waals surface area contributed by atoms with Crippen LogP contribution in [0.25, 0.3) is 16.6 Å². The maximum Gasteiger partial charge on any atom is 0.276 e. The number of H-pyrrole nitrogens is 1. The van der Waals surface area contributed by atoms with Crippen molar-refractivity contribution in [2.24, 2.45) is 0 Å². The van der Waals surface area contributed by atoms with Crippen molar-refractivity contribution in [3.05, 3.63) is 88.2 Å². The zero-order valence-corrected chi connectivity index (χ0v) is 14.8. The highest BCUT2D eigenvalue weighted by atomic mass is 16.1. The van der Waals surface area contributed by atoms with Crippen molar-refractivity contribution in [2.45, 2.75) is 19.5 Å². The minimum atomic E-state index is 0.00665. The highest BCUT2D eigenvalue weighted by Crippen LogP contribution is 2.19. The Morgan fingerprint density at radius 2 is 1.89 bits per heavy atom. The van der Waals surface area contributed by atoms with Crippen LogP contribution in [0.5, 0.6) is 0 Å². The molecule has 0 saturated carbocycles. The summed E-state index contributed by atoms with van der Waals surface area (Å²) in [6, 6.07) is 16.0. The number of aromatic amines is 1. The topological polar surface area (TPSA) is 66.8 Å². The van der Waals surface area contributed by atoms with Gasteiger partial charge in [-0.15, -0.1) is 0 Å². The molecule has 1 N–H and O–H groups in total. The third-order valence-electron chi connectivity index (χ3n) is 5.08. The first-order valence-corrected chi connectivity index (χ1v) is 9.08. The lowest BCUT2D eigenvalue weighted by Gasteiger charge is -2.25. The first kappa shape index (κ1) is 16.0. The van der Waals surface area contributed by atoms with Crippen LogP contribution in [0.4, 0.5) is 0 Å². The molecule has 0 unspecified atom stereocenters. The van der Waals surface area contributed by atoms with Crippen LogP contribution >= 0.6 is 0 Å². The number of hydrogen-bond donors (Lipinski definition) is 1. The van der Waals surface area contributed by atoms with E-state index in [2.05, 4.69) is 38.2 Å². The van der Waals surface area contributed by atoms with Crippen molar-refractivity contribution >= 4 is 10.8 Å². The van der Waals surface area contributed by atoms with Gasteiger partial charge in [-0.3, -0.25) is 19.8 Å². The van der Waals surface area contributed by atoms with Crippen LogP contribution in [0.3, 0.4) is 0 Å². The summed E-state index contributed by atoms with van der Waals surface area (Å²) in [6.07, 6.45) is 4.36. The van der Waals surface area contributed by atoms with Crippen LogP contribution in [0, 0.1) is 0 Å². The highest BCUT2D eigenvalue weighted by Gasteiger charge is 2.23. The van der Waals surface area contributed by atoms with Gasteiger partial charge < -0.3 is 0 Å². The summed E-state index contributed by atoms with van der Waals surface area (Å²) >= 11 is 0. The van der Waals surface area contributed by atoms with Crippen LogP contribution in [0.15, 0.2) is 65.7 Å². The van der Waals surface area contributed by atoms with E-state index in [4.69, 9.17) is 0 Å². The number of fused-ring (bicyclic) bond motifs is 2. The van der Waals surface area contributed by atoms with E-state index < -0.39 is 0 Å². The molecule has 0 fully saturated rings. The van der Waals surface area contributed by atoms with Gasteiger partial charge in [0.2, 0.25) is 0 Å². The van der Waals surface area contributed by atoms with Gasteiger partial charge in [-0.1, -0.05) is 30.3 Å². The highest BCUT2D eigenvalue weighted by molar-refractivity contribution is 5.81. The predicted molar refractivity (Wildman–Crippen MR) is 104 cm³/mol.